The van der Waals surface area contributed by atoms with Crippen molar-refractivity contribution in [1.29, 1.82) is 0 Å². The van der Waals surface area contributed by atoms with Crippen LogP contribution in [0.15, 0.2) is 42.7 Å². The number of pyridine rings is 1. The van der Waals surface area contributed by atoms with E-state index >= 15 is 0 Å². The Morgan fingerprint density at radius 3 is 2.73 bits per heavy atom. The second-order valence-corrected chi connectivity index (χ2v) is 3.43. The summed E-state index contributed by atoms with van der Waals surface area (Å²) in [7, 11) is 0. The normalized spacial score (nSPS) is 9.93. The van der Waals surface area contributed by atoms with Crippen LogP contribution in [0.2, 0.25) is 0 Å². The number of carbonyl (C=O) groups excluding carboxylic acids is 1. The highest BCUT2D eigenvalue weighted by Gasteiger charge is 2.01. The predicted octanol–water partition coefficient (Wildman–Crippen LogP) is 2.87. The van der Waals surface area contributed by atoms with Crippen LogP contribution in [-0.2, 0) is 0 Å². The number of rotatable bonds is 2. The van der Waals surface area contributed by atoms with Gasteiger partial charge in [-0.15, -0.1) is 0 Å². The number of aldehydes is 1. The second kappa shape index (κ2) is 4.05. The maximum atomic E-state index is 10.8. The highest BCUT2D eigenvalue weighted by Crippen LogP contribution is 2.20. The molecule has 2 rings (SSSR count). The van der Waals surface area contributed by atoms with Crippen molar-refractivity contribution < 1.29 is 4.79 Å². The van der Waals surface area contributed by atoms with E-state index in [0.29, 0.717) is 0 Å². The smallest absolute Gasteiger partial charge is 0.150 e. The summed E-state index contributed by atoms with van der Waals surface area (Å²) in [4.78, 5) is 14.8. The molecule has 0 N–H and O–H groups in total. The lowest BCUT2D eigenvalue weighted by Crippen LogP contribution is -1.87. The van der Waals surface area contributed by atoms with Gasteiger partial charge in [0.25, 0.3) is 0 Å². The van der Waals surface area contributed by atoms with Crippen LogP contribution < -0.4 is 0 Å². The molecule has 0 amide bonds. The molecule has 0 aliphatic heterocycles. The van der Waals surface area contributed by atoms with E-state index in [2.05, 4.69) is 4.98 Å². The van der Waals surface area contributed by atoms with Crippen molar-refractivity contribution in [3.63, 3.8) is 0 Å². The lowest BCUT2D eigenvalue weighted by molar-refractivity contribution is 0.112. The zero-order chi connectivity index (χ0) is 10.7. The van der Waals surface area contributed by atoms with Crippen molar-refractivity contribution >= 4 is 6.29 Å². The predicted molar refractivity (Wildman–Crippen MR) is 59.8 cm³/mol. The first-order chi connectivity index (χ1) is 7.31. The van der Waals surface area contributed by atoms with Crippen molar-refractivity contribution in [2.45, 2.75) is 6.92 Å². The molecule has 0 radical (unpaired) electrons. The Labute approximate surface area is 88.6 Å². The molecule has 15 heavy (non-hydrogen) atoms. The maximum Gasteiger partial charge on any atom is 0.150 e. The van der Waals surface area contributed by atoms with Crippen LogP contribution in [0.4, 0.5) is 0 Å². The monoisotopic (exact) mass is 197 g/mol. The van der Waals surface area contributed by atoms with Crippen molar-refractivity contribution in [1.82, 2.24) is 4.98 Å². The van der Waals surface area contributed by atoms with E-state index in [1.807, 2.05) is 37.3 Å². The summed E-state index contributed by atoms with van der Waals surface area (Å²) >= 11 is 0. The molecule has 0 saturated heterocycles. The lowest BCUT2D eigenvalue weighted by Gasteiger charge is -2.03. The van der Waals surface area contributed by atoms with E-state index in [-0.39, 0.29) is 0 Å². The van der Waals surface area contributed by atoms with Crippen LogP contribution in [0.3, 0.4) is 0 Å². The van der Waals surface area contributed by atoms with E-state index < -0.39 is 0 Å². The minimum atomic E-state index is 0.733. The fourth-order valence-corrected chi connectivity index (χ4v) is 1.48. The summed E-state index contributed by atoms with van der Waals surface area (Å²) in [5, 5.41) is 0. The molecule has 1 aromatic carbocycles. The molecular formula is C13H11NO. The third-order valence-electron chi connectivity index (χ3n) is 2.40. The Morgan fingerprint density at radius 2 is 2.07 bits per heavy atom. The summed E-state index contributed by atoms with van der Waals surface area (Å²) in [6.45, 7) is 1.93. The van der Waals surface area contributed by atoms with Crippen molar-refractivity contribution in [3.05, 3.63) is 53.9 Å². The molecule has 74 valence electrons. The summed E-state index contributed by atoms with van der Waals surface area (Å²) in [5.74, 6) is 0. The van der Waals surface area contributed by atoms with E-state index in [1.54, 1.807) is 12.4 Å². The van der Waals surface area contributed by atoms with Gasteiger partial charge < -0.3 is 0 Å². The van der Waals surface area contributed by atoms with Crippen LogP contribution in [0.5, 0.6) is 0 Å². The number of nitrogens with zero attached hydrogens (tertiary/aromatic N) is 1. The number of aromatic nitrogens is 1. The van der Waals surface area contributed by atoms with Gasteiger partial charge in [0.1, 0.15) is 6.29 Å². The van der Waals surface area contributed by atoms with Gasteiger partial charge in [-0.1, -0.05) is 18.2 Å². The molecular weight excluding hydrogens is 186 g/mol. The highest BCUT2D eigenvalue weighted by molar-refractivity contribution is 5.80. The van der Waals surface area contributed by atoms with Gasteiger partial charge in [-0.05, 0) is 30.2 Å². The minimum absolute atomic E-state index is 0.733. The molecule has 0 bridgehead atoms. The number of hydrogen-bond acceptors (Lipinski definition) is 2. The average Bonchev–Trinajstić information content (AvgIpc) is 2.31. The van der Waals surface area contributed by atoms with Crippen molar-refractivity contribution in [2.24, 2.45) is 0 Å². The van der Waals surface area contributed by atoms with Gasteiger partial charge in [0.15, 0.2) is 0 Å². The maximum absolute atomic E-state index is 10.8. The number of hydrogen-bond donors (Lipinski definition) is 0. The average molecular weight is 197 g/mol. The van der Waals surface area contributed by atoms with E-state index in [4.69, 9.17) is 0 Å². The SMILES string of the molecule is Cc1ccc(-c2cccnc2)cc1C=O. The van der Waals surface area contributed by atoms with Gasteiger partial charge in [-0.3, -0.25) is 9.78 Å². The fraction of sp³-hybridized carbons (Fsp3) is 0.0769. The molecule has 2 nitrogen and oxygen atoms in total. The number of benzene rings is 1. The zero-order valence-electron chi connectivity index (χ0n) is 8.47. The lowest BCUT2D eigenvalue weighted by atomic mass is 10.0. The molecule has 1 aromatic heterocycles. The van der Waals surface area contributed by atoms with Gasteiger partial charge in [0.2, 0.25) is 0 Å². The first kappa shape index (κ1) is 9.59. The summed E-state index contributed by atoms with van der Waals surface area (Å²) in [6, 6.07) is 9.70. The van der Waals surface area contributed by atoms with Gasteiger partial charge >= 0.3 is 0 Å². The first-order valence-electron chi connectivity index (χ1n) is 4.77. The van der Waals surface area contributed by atoms with Gasteiger partial charge in [0, 0.05) is 23.5 Å². The van der Waals surface area contributed by atoms with Crippen LogP contribution in [-0.4, -0.2) is 11.3 Å². The first-order valence-corrected chi connectivity index (χ1v) is 4.77. The highest BCUT2D eigenvalue weighted by atomic mass is 16.1. The summed E-state index contributed by atoms with van der Waals surface area (Å²) in [6.07, 6.45) is 4.41. The van der Waals surface area contributed by atoms with Crippen molar-refractivity contribution in [2.75, 3.05) is 0 Å². The van der Waals surface area contributed by atoms with E-state index in [1.165, 1.54) is 0 Å². The molecule has 0 saturated carbocycles. The Balaban J connectivity index is 2.51. The number of carbonyl (C=O) groups is 1. The quantitative estimate of drug-likeness (QED) is 0.693. The standard InChI is InChI=1S/C13H11NO/c1-10-4-5-11(7-13(10)9-15)12-3-2-6-14-8-12/h2-9H,1H3. The fourth-order valence-electron chi connectivity index (χ4n) is 1.48. The second-order valence-electron chi connectivity index (χ2n) is 3.43. The van der Waals surface area contributed by atoms with E-state index in [0.717, 1.165) is 28.5 Å². The number of aryl methyl sites for hydroxylation is 1. The van der Waals surface area contributed by atoms with Gasteiger partial charge in [-0.25, -0.2) is 0 Å². The third-order valence-corrected chi connectivity index (χ3v) is 2.40. The summed E-state index contributed by atoms with van der Waals surface area (Å²) < 4.78 is 0. The Morgan fingerprint density at radius 1 is 1.20 bits per heavy atom. The van der Waals surface area contributed by atoms with Crippen LogP contribution in [0.1, 0.15) is 15.9 Å². The molecule has 1 heterocycles. The Kier molecular flexibility index (Phi) is 2.59. The van der Waals surface area contributed by atoms with Gasteiger partial charge in [0.05, 0.1) is 0 Å². The molecule has 2 heteroatoms. The minimum Gasteiger partial charge on any atom is -0.298 e. The van der Waals surface area contributed by atoms with Crippen molar-refractivity contribution in [3.8, 4) is 11.1 Å². The van der Waals surface area contributed by atoms with Crippen LogP contribution in [0, 0.1) is 6.92 Å². The molecule has 0 aliphatic rings. The molecule has 0 spiro atoms. The van der Waals surface area contributed by atoms with Gasteiger partial charge in [-0.2, -0.15) is 0 Å². The molecule has 0 atom stereocenters. The largest absolute Gasteiger partial charge is 0.298 e. The third kappa shape index (κ3) is 1.94. The molecule has 0 unspecified atom stereocenters. The Bertz CT molecular complexity index is 477. The zero-order valence-corrected chi connectivity index (χ0v) is 8.47. The Hall–Kier alpha value is -1.96. The molecule has 0 aliphatic carbocycles. The molecule has 0 fully saturated rings. The van der Waals surface area contributed by atoms with E-state index in [9.17, 15) is 4.79 Å². The molecule has 2 aromatic rings. The topological polar surface area (TPSA) is 30.0 Å². The summed E-state index contributed by atoms with van der Waals surface area (Å²) in [5.41, 5.74) is 3.78. The van der Waals surface area contributed by atoms with Crippen LogP contribution in [0.25, 0.3) is 11.1 Å². The van der Waals surface area contributed by atoms with Crippen LogP contribution >= 0.6 is 0 Å².